The van der Waals surface area contributed by atoms with Gasteiger partial charge in [0.2, 0.25) is 5.91 Å². The topological polar surface area (TPSA) is 71.5 Å². The van der Waals surface area contributed by atoms with Crippen LogP contribution in [0.25, 0.3) is 0 Å². The van der Waals surface area contributed by atoms with Gasteiger partial charge in [0.15, 0.2) is 5.13 Å². The number of hydrogen-bond acceptors (Lipinski definition) is 5. The zero-order chi connectivity index (χ0) is 16.9. The van der Waals surface area contributed by atoms with E-state index in [-0.39, 0.29) is 5.91 Å². The highest BCUT2D eigenvalue weighted by atomic mass is 32.1. The van der Waals surface area contributed by atoms with Crippen molar-refractivity contribution in [3.8, 4) is 0 Å². The quantitative estimate of drug-likeness (QED) is 0.925. The predicted molar refractivity (Wildman–Crippen MR) is 92.0 cm³/mol. The lowest BCUT2D eigenvalue weighted by atomic mass is 10.1. The third-order valence-electron chi connectivity index (χ3n) is 3.95. The number of anilines is 1. The van der Waals surface area contributed by atoms with Crippen LogP contribution in [0.3, 0.4) is 0 Å². The van der Waals surface area contributed by atoms with Crippen molar-refractivity contribution >= 4 is 28.5 Å². The van der Waals surface area contributed by atoms with Crippen LogP contribution in [0.2, 0.25) is 0 Å². The van der Waals surface area contributed by atoms with E-state index < -0.39 is 6.09 Å². The van der Waals surface area contributed by atoms with Crippen molar-refractivity contribution in [2.24, 2.45) is 0 Å². The number of aryl methyl sites for hydroxylation is 1. The predicted octanol–water partition coefficient (Wildman–Crippen LogP) is 2.84. The third kappa shape index (κ3) is 3.91. The number of hydrogen-bond donors (Lipinski definition) is 1. The Labute approximate surface area is 144 Å². The Morgan fingerprint density at radius 1 is 1.33 bits per heavy atom. The Kier molecular flexibility index (Phi) is 5.10. The van der Waals surface area contributed by atoms with Crippen LogP contribution in [-0.2, 0) is 28.9 Å². The van der Waals surface area contributed by atoms with Crippen LogP contribution in [-0.4, -0.2) is 35.5 Å². The molecule has 3 rings (SSSR count). The van der Waals surface area contributed by atoms with Gasteiger partial charge >= 0.3 is 6.09 Å². The first-order chi connectivity index (χ1) is 11.7. The maximum absolute atomic E-state index is 12.4. The van der Waals surface area contributed by atoms with Crippen LogP contribution in [0.5, 0.6) is 0 Å². The van der Waals surface area contributed by atoms with Crippen LogP contribution >= 0.6 is 11.3 Å². The summed E-state index contributed by atoms with van der Waals surface area (Å²) in [4.78, 5) is 31.0. The van der Waals surface area contributed by atoms with Gasteiger partial charge in [-0.1, -0.05) is 41.7 Å². The van der Waals surface area contributed by atoms with E-state index in [0.29, 0.717) is 31.1 Å². The van der Waals surface area contributed by atoms with Crippen molar-refractivity contribution in [3.63, 3.8) is 0 Å². The van der Waals surface area contributed by atoms with Gasteiger partial charge in [-0.25, -0.2) is 9.78 Å². The highest BCUT2D eigenvalue weighted by molar-refractivity contribution is 7.15. The van der Waals surface area contributed by atoms with Crippen molar-refractivity contribution in [1.29, 1.82) is 0 Å². The number of nitrogens with zero attached hydrogens (tertiary/aromatic N) is 2. The first-order valence-electron chi connectivity index (χ1n) is 7.81. The number of carbonyl (C=O) groups is 2. The molecule has 0 saturated carbocycles. The molecule has 1 aromatic heterocycles. The third-order valence-corrected chi connectivity index (χ3v) is 4.95. The molecule has 0 radical (unpaired) electrons. The van der Waals surface area contributed by atoms with Gasteiger partial charge in [-0.2, -0.15) is 0 Å². The smallest absolute Gasteiger partial charge is 0.413 e. The summed E-state index contributed by atoms with van der Waals surface area (Å²) < 4.78 is 4.57. The number of benzene rings is 1. The molecule has 2 aromatic rings. The standard InChI is InChI=1S/C17H19N3O3S/c1-23-17(22)19-16-18-13-9-10-20(11-14(13)24-16)15(21)8-7-12-5-3-2-4-6-12/h2-6H,7-11H2,1H3,(H,18,19,22). The molecule has 1 aliphatic heterocycles. The maximum Gasteiger partial charge on any atom is 0.413 e. The number of fused-ring (bicyclic) bond motifs is 1. The Morgan fingerprint density at radius 2 is 2.12 bits per heavy atom. The number of methoxy groups -OCH3 is 1. The summed E-state index contributed by atoms with van der Waals surface area (Å²) in [5.74, 6) is 0.153. The normalized spacial score (nSPS) is 13.3. The summed E-state index contributed by atoms with van der Waals surface area (Å²) in [6.45, 7) is 1.23. The van der Waals surface area contributed by atoms with E-state index in [1.807, 2.05) is 35.2 Å². The molecule has 0 bridgehead atoms. The summed E-state index contributed by atoms with van der Waals surface area (Å²) in [7, 11) is 1.32. The minimum absolute atomic E-state index is 0.153. The van der Waals surface area contributed by atoms with E-state index in [1.165, 1.54) is 24.0 Å². The molecule has 0 unspecified atom stereocenters. The van der Waals surface area contributed by atoms with Gasteiger partial charge in [0.1, 0.15) is 0 Å². The molecule has 0 fully saturated rings. The van der Waals surface area contributed by atoms with Crippen LogP contribution in [0.15, 0.2) is 30.3 Å². The van der Waals surface area contributed by atoms with Gasteiger partial charge in [-0.3, -0.25) is 10.1 Å². The Morgan fingerprint density at radius 3 is 2.88 bits per heavy atom. The van der Waals surface area contributed by atoms with Crippen molar-refractivity contribution in [3.05, 3.63) is 46.5 Å². The fourth-order valence-corrected chi connectivity index (χ4v) is 3.66. The van der Waals surface area contributed by atoms with Crippen LogP contribution < -0.4 is 5.32 Å². The highest BCUT2D eigenvalue weighted by Crippen LogP contribution is 2.28. The molecule has 0 atom stereocenters. The van der Waals surface area contributed by atoms with Crippen molar-refractivity contribution < 1.29 is 14.3 Å². The van der Waals surface area contributed by atoms with Crippen molar-refractivity contribution in [1.82, 2.24) is 9.88 Å². The van der Waals surface area contributed by atoms with Gasteiger partial charge in [0.05, 0.1) is 19.3 Å². The average molecular weight is 345 g/mol. The number of amides is 2. The Bertz CT molecular complexity index is 730. The molecule has 24 heavy (non-hydrogen) atoms. The molecule has 1 aromatic carbocycles. The van der Waals surface area contributed by atoms with E-state index >= 15 is 0 Å². The van der Waals surface area contributed by atoms with E-state index in [1.54, 1.807) is 0 Å². The maximum atomic E-state index is 12.4. The van der Waals surface area contributed by atoms with E-state index in [0.717, 1.165) is 17.0 Å². The zero-order valence-corrected chi connectivity index (χ0v) is 14.3. The molecule has 6 nitrogen and oxygen atoms in total. The molecule has 0 spiro atoms. The van der Waals surface area contributed by atoms with E-state index in [9.17, 15) is 9.59 Å². The van der Waals surface area contributed by atoms with Gasteiger partial charge < -0.3 is 9.64 Å². The van der Waals surface area contributed by atoms with Gasteiger partial charge in [-0.15, -0.1) is 0 Å². The number of thiazole rings is 1. The molecule has 2 heterocycles. The van der Waals surface area contributed by atoms with Crippen molar-refractivity contribution in [2.75, 3.05) is 19.0 Å². The van der Waals surface area contributed by atoms with Crippen LogP contribution in [0.1, 0.15) is 22.6 Å². The summed E-state index contributed by atoms with van der Waals surface area (Å²) in [5.41, 5.74) is 2.13. The average Bonchev–Trinajstić information content (AvgIpc) is 3.01. The second-order valence-corrected chi connectivity index (χ2v) is 6.64. The summed E-state index contributed by atoms with van der Waals surface area (Å²) in [6.07, 6.45) is 1.44. The lowest BCUT2D eigenvalue weighted by Crippen LogP contribution is -2.35. The van der Waals surface area contributed by atoms with E-state index in [2.05, 4.69) is 15.0 Å². The number of rotatable bonds is 4. The molecule has 1 aliphatic rings. The summed E-state index contributed by atoms with van der Waals surface area (Å²) >= 11 is 1.40. The SMILES string of the molecule is COC(=O)Nc1nc2c(s1)CN(C(=O)CCc1ccccc1)CC2. The van der Waals surface area contributed by atoms with Gasteiger partial charge in [0, 0.05) is 24.3 Å². The fraction of sp³-hybridized carbons (Fsp3) is 0.353. The summed E-state index contributed by atoms with van der Waals surface area (Å²) in [5, 5.41) is 3.10. The molecule has 7 heteroatoms. The molecule has 0 saturated heterocycles. The number of carbonyl (C=O) groups excluding carboxylic acids is 2. The number of ether oxygens (including phenoxy) is 1. The highest BCUT2D eigenvalue weighted by Gasteiger charge is 2.24. The number of nitrogens with one attached hydrogen (secondary N) is 1. The first-order valence-corrected chi connectivity index (χ1v) is 8.62. The lowest BCUT2D eigenvalue weighted by Gasteiger charge is -2.26. The van der Waals surface area contributed by atoms with Crippen molar-refractivity contribution in [2.45, 2.75) is 25.8 Å². The Hall–Kier alpha value is -2.41. The van der Waals surface area contributed by atoms with E-state index in [4.69, 9.17) is 0 Å². The number of aromatic nitrogens is 1. The Balaban J connectivity index is 1.58. The van der Waals surface area contributed by atoms with Gasteiger partial charge in [0.25, 0.3) is 0 Å². The molecule has 0 aliphatic carbocycles. The molecule has 126 valence electrons. The first kappa shape index (κ1) is 16.4. The monoisotopic (exact) mass is 345 g/mol. The zero-order valence-electron chi connectivity index (χ0n) is 13.4. The van der Waals surface area contributed by atoms with Crippen LogP contribution in [0.4, 0.5) is 9.93 Å². The molecule has 1 N–H and O–H groups in total. The van der Waals surface area contributed by atoms with Crippen LogP contribution in [0, 0.1) is 0 Å². The second kappa shape index (κ2) is 7.44. The largest absolute Gasteiger partial charge is 0.453 e. The molecular formula is C17H19N3O3S. The minimum Gasteiger partial charge on any atom is -0.453 e. The second-order valence-electron chi connectivity index (χ2n) is 5.56. The minimum atomic E-state index is -0.531. The van der Waals surface area contributed by atoms with Gasteiger partial charge in [-0.05, 0) is 12.0 Å². The lowest BCUT2D eigenvalue weighted by molar-refractivity contribution is -0.132. The summed E-state index contributed by atoms with van der Waals surface area (Å²) in [6, 6.07) is 10.0. The molecular weight excluding hydrogens is 326 g/mol. The fourth-order valence-electron chi connectivity index (χ4n) is 2.65. The molecule has 2 amide bonds.